The van der Waals surface area contributed by atoms with Gasteiger partial charge in [-0.05, 0) is 31.0 Å². The molecule has 0 spiro atoms. The number of nitrogens with zero attached hydrogens (tertiary/aromatic N) is 2. The SMILES string of the molecule is COc1ccc(OC)c(/C=N/N2C(=O)C3CCCCC3C2=O)c1. The van der Waals surface area contributed by atoms with Gasteiger partial charge in [0.15, 0.2) is 0 Å². The van der Waals surface area contributed by atoms with Crippen molar-refractivity contribution in [2.75, 3.05) is 14.2 Å². The number of benzene rings is 1. The largest absolute Gasteiger partial charge is 0.497 e. The molecule has 3 rings (SSSR count). The molecule has 0 bridgehead atoms. The van der Waals surface area contributed by atoms with Gasteiger partial charge in [-0.3, -0.25) is 9.59 Å². The van der Waals surface area contributed by atoms with E-state index < -0.39 is 0 Å². The second-order valence-corrected chi connectivity index (χ2v) is 5.84. The number of fused-ring (bicyclic) bond motifs is 1. The van der Waals surface area contributed by atoms with Gasteiger partial charge in [0.1, 0.15) is 11.5 Å². The fourth-order valence-corrected chi connectivity index (χ4v) is 3.32. The molecule has 23 heavy (non-hydrogen) atoms. The third-order valence-electron chi connectivity index (χ3n) is 4.57. The number of carbonyl (C=O) groups is 2. The molecule has 2 aliphatic rings. The summed E-state index contributed by atoms with van der Waals surface area (Å²) in [7, 11) is 3.13. The monoisotopic (exact) mass is 316 g/mol. The average Bonchev–Trinajstić information content (AvgIpc) is 2.84. The fraction of sp³-hybridized carbons (Fsp3) is 0.471. The fourth-order valence-electron chi connectivity index (χ4n) is 3.32. The average molecular weight is 316 g/mol. The quantitative estimate of drug-likeness (QED) is 0.631. The highest BCUT2D eigenvalue weighted by Gasteiger charge is 2.48. The Morgan fingerprint density at radius 1 is 1.09 bits per heavy atom. The zero-order valence-corrected chi connectivity index (χ0v) is 13.3. The van der Waals surface area contributed by atoms with Crippen molar-refractivity contribution in [3.63, 3.8) is 0 Å². The number of hydrogen-bond donors (Lipinski definition) is 0. The predicted octanol–water partition coefficient (Wildman–Crippen LogP) is 2.21. The summed E-state index contributed by atoms with van der Waals surface area (Å²) in [5, 5.41) is 5.16. The highest BCUT2D eigenvalue weighted by Crippen LogP contribution is 2.38. The van der Waals surface area contributed by atoms with Gasteiger partial charge in [0.25, 0.3) is 11.8 Å². The van der Waals surface area contributed by atoms with Gasteiger partial charge in [-0.1, -0.05) is 12.8 Å². The van der Waals surface area contributed by atoms with Crippen molar-refractivity contribution in [1.82, 2.24) is 5.01 Å². The van der Waals surface area contributed by atoms with Gasteiger partial charge in [-0.15, -0.1) is 0 Å². The van der Waals surface area contributed by atoms with Gasteiger partial charge in [0.05, 0.1) is 32.3 Å². The number of hydrogen-bond acceptors (Lipinski definition) is 5. The lowest BCUT2D eigenvalue weighted by atomic mass is 9.81. The third kappa shape index (κ3) is 2.81. The van der Waals surface area contributed by atoms with Gasteiger partial charge in [-0.2, -0.15) is 10.1 Å². The van der Waals surface area contributed by atoms with Crippen molar-refractivity contribution in [3.8, 4) is 11.5 Å². The Labute approximate surface area is 135 Å². The first kappa shape index (κ1) is 15.5. The van der Waals surface area contributed by atoms with Crippen LogP contribution in [0.4, 0.5) is 0 Å². The van der Waals surface area contributed by atoms with Gasteiger partial charge in [-0.25, -0.2) is 0 Å². The number of carbonyl (C=O) groups excluding carboxylic acids is 2. The Kier molecular flexibility index (Phi) is 4.32. The molecule has 1 aliphatic heterocycles. The van der Waals surface area contributed by atoms with E-state index in [4.69, 9.17) is 9.47 Å². The number of rotatable bonds is 4. The van der Waals surface area contributed by atoms with Gasteiger partial charge >= 0.3 is 0 Å². The van der Waals surface area contributed by atoms with Crippen LogP contribution < -0.4 is 9.47 Å². The summed E-state index contributed by atoms with van der Waals surface area (Å²) in [6.07, 6.45) is 5.05. The van der Waals surface area contributed by atoms with Crippen LogP contribution >= 0.6 is 0 Å². The van der Waals surface area contributed by atoms with Crippen LogP contribution in [0.1, 0.15) is 31.2 Å². The standard InChI is InChI=1S/C17H20N2O4/c1-22-12-7-8-15(23-2)11(9-12)10-18-19-16(20)13-5-3-4-6-14(13)17(19)21/h7-10,13-14H,3-6H2,1-2H3/b18-10+. The van der Waals surface area contributed by atoms with Crippen LogP contribution in [0.15, 0.2) is 23.3 Å². The van der Waals surface area contributed by atoms with E-state index >= 15 is 0 Å². The smallest absolute Gasteiger partial charge is 0.253 e. The zero-order valence-electron chi connectivity index (χ0n) is 13.3. The molecule has 1 saturated heterocycles. The van der Waals surface area contributed by atoms with Gasteiger partial charge in [0, 0.05) is 5.56 Å². The van der Waals surface area contributed by atoms with Gasteiger partial charge < -0.3 is 9.47 Å². The second kappa shape index (κ2) is 6.40. The molecule has 2 amide bonds. The minimum atomic E-state index is -0.194. The lowest BCUT2D eigenvalue weighted by Crippen LogP contribution is -2.25. The first-order valence-electron chi connectivity index (χ1n) is 7.79. The van der Waals surface area contributed by atoms with Crippen molar-refractivity contribution < 1.29 is 19.1 Å². The number of imide groups is 1. The summed E-state index contributed by atoms with van der Waals surface area (Å²) < 4.78 is 10.5. The van der Waals surface area contributed by atoms with Crippen LogP contribution in [0.25, 0.3) is 0 Å². The molecule has 1 aliphatic carbocycles. The number of hydrazone groups is 1. The van der Waals surface area contributed by atoms with Crippen LogP contribution in [0.2, 0.25) is 0 Å². The highest BCUT2D eigenvalue weighted by atomic mass is 16.5. The Balaban J connectivity index is 1.85. The molecule has 2 unspecified atom stereocenters. The van der Waals surface area contributed by atoms with Crippen LogP contribution in [0.5, 0.6) is 11.5 Å². The lowest BCUT2D eigenvalue weighted by Gasteiger charge is -2.19. The minimum absolute atomic E-state index is 0.183. The molecular weight excluding hydrogens is 296 g/mol. The van der Waals surface area contributed by atoms with E-state index in [0.717, 1.165) is 30.7 Å². The molecule has 1 aromatic rings. The van der Waals surface area contributed by atoms with Crippen LogP contribution in [0.3, 0.4) is 0 Å². The molecule has 1 aromatic carbocycles. The van der Waals surface area contributed by atoms with E-state index in [2.05, 4.69) is 5.10 Å². The van der Waals surface area contributed by atoms with E-state index in [1.807, 2.05) is 0 Å². The molecule has 0 aromatic heterocycles. The summed E-state index contributed by atoms with van der Waals surface area (Å²) in [5.74, 6) is 0.503. The van der Waals surface area contributed by atoms with Crippen molar-refractivity contribution in [2.24, 2.45) is 16.9 Å². The van der Waals surface area contributed by atoms with Crippen molar-refractivity contribution in [1.29, 1.82) is 0 Å². The Bertz CT molecular complexity index is 632. The Morgan fingerprint density at radius 3 is 2.30 bits per heavy atom. The molecule has 122 valence electrons. The summed E-state index contributed by atoms with van der Waals surface area (Å²) in [6, 6.07) is 5.28. The van der Waals surface area contributed by atoms with Crippen molar-refractivity contribution in [2.45, 2.75) is 25.7 Å². The molecule has 0 radical (unpaired) electrons. The normalized spacial score (nSPS) is 24.2. The second-order valence-electron chi connectivity index (χ2n) is 5.84. The third-order valence-corrected chi connectivity index (χ3v) is 4.57. The topological polar surface area (TPSA) is 68.2 Å². The summed E-state index contributed by atoms with van der Waals surface area (Å²) in [5.41, 5.74) is 0.655. The first-order valence-corrected chi connectivity index (χ1v) is 7.79. The predicted molar refractivity (Wildman–Crippen MR) is 84.4 cm³/mol. The molecule has 1 heterocycles. The van der Waals surface area contributed by atoms with Crippen molar-refractivity contribution >= 4 is 18.0 Å². The van der Waals surface area contributed by atoms with Crippen molar-refractivity contribution in [3.05, 3.63) is 23.8 Å². The first-order chi connectivity index (χ1) is 11.2. The number of amides is 2. The van der Waals surface area contributed by atoms with Crippen LogP contribution in [-0.4, -0.2) is 37.3 Å². The molecule has 6 heteroatoms. The number of methoxy groups -OCH3 is 2. The van der Waals surface area contributed by atoms with Crippen LogP contribution in [0, 0.1) is 11.8 Å². The molecule has 6 nitrogen and oxygen atoms in total. The van der Waals surface area contributed by atoms with E-state index in [1.54, 1.807) is 32.4 Å². The van der Waals surface area contributed by atoms with E-state index in [9.17, 15) is 9.59 Å². The molecule has 2 atom stereocenters. The zero-order chi connectivity index (χ0) is 16.4. The molecular formula is C17H20N2O4. The van der Waals surface area contributed by atoms with Gasteiger partial charge in [0.2, 0.25) is 0 Å². The molecule has 1 saturated carbocycles. The van der Waals surface area contributed by atoms with E-state index in [0.29, 0.717) is 17.1 Å². The maximum Gasteiger partial charge on any atom is 0.253 e. The summed E-state index contributed by atoms with van der Waals surface area (Å²) >= 11 is 0. The highest BCUT2D eigenvalue weighted by molar-refractivity contribution is 6.05. The Hall–Kier alpha value is -2.37. The molecule has 2 fully saturated rings. The summed E-state index contributed by atoms with van der Waals surface area (Å²) in [6.45, 7) is 0. The minimum Gasteiger partial charge on any atom is -0.497 e. The lowest BCUT2D eigenvalue weighted by molar-refractivity contribution is -0.139. The Morgan fingerprint density at radius 2 is 1.74 bits per heavy atom. The van der Waals surface area contributed by atoms with E-state index in [-0.39, 0.29) is 23.7 Å². The number of ether oxygens (including phenoxy) is 2. The maximum absolute atomic E-state index is 12.4. The molecule has 0 N–H and O–H groups in total. The maximum atomic E-state index is 12.4. The van der Waals surface area contributed by atoms with E-state index in [1.165, 1.54) is 6.21 Å². The summed E-state index contributed by atoms with van der Waals surface area (Å²) in [4.78, 5) is 24.8. The van der Waals surface area contributed by atoms with Crippen LogP contribution in [-0.2, 0) is 9.59 Å².